The van der Waals surface area contributed by atoms with Gasteiger partial charge in [-0.25, -0.2) is 4.98 Å². The molecule has 0 unspecified atom stereocenters. The summed E-state index contributed by atoms with van der Waals surface area (Å²) in [6.07, 6.45) is 0.466. The number of halogens is 1. The highest BCUT2D eigenvalue weighted by atomic mass is 35.5. The normalized spacial score (nSPS) is 20.6. The third kappa shape index (κ3) is 4.24. The van der Waals surface area contributed by atoms with E-state index in [2.05, 4.69) is 15.6 Å². The molecule has 1 aromatic heterocycles. The predicted octanol–water partition coefficient (Wildman–Crippen LogP) is 1.75. The molecule has 1 amide bonds. The van der Waals surface area contributed by atoms with Crippen molar-refractivity contribution in [3.8, 4) is 0 Å². The zero-order chi connectivity index (χ0) is 16.2. The Labute approximate surface area is 146 Å². The van der Waals surface area contributed by atoms with Crippen molar-refractivity contribution >= 4 is 35.1 Å². The van der Waals surface area contributed by atoms with Gasteiger partial charge in [0.25, 0.3) is 0 Å². The molecular formula is C16H22ClN3O4. The molecule has 0 saturated carbocycles. The maximum absolute atomic E-state index is 12.3. The third-order valence-corrected chi connectivity index (χ3v) is 3.82. The fourth-order valence-corrected chi connectivity index (χ4v) is 2.60. The summed E-state index contributed by atoms with van der Waals surface area (Å²) < 4.78 is 16.1. The van der Waals surface area contributed by atoms with Crippen LogP contribution in [0.5, 0.6) is 0 Å². The van der Waals surface area contributed by atoms with Gasteiger partial charge in [-0.15, -0.1) is 12.4 Å². The van der Waals surface area contributed by atoms with Crippen LogP contribution in [0.3, 0.4) is 0 Å². The van der Waals surface area contributed by atoms with E-state index in [4.69, 9.17) is 13.9 Å². The average molecular weight is 356 g/mol. The van der Waals surface area contributed by atoms with Gasteiger partial charge in [-0.1, -0.05) is 0 Å². The van der Waals surface area contributed by atoms with Gasteiger partial charge in [0, 0.05) is 25.8 Å². The van der Waals surface area contributed by atoms with E-state index in [-0.39, 0.29) is 30.5 Å². The Hall–Kier alpha value is -1.67. The number of amides is 1. The van der Waals surface area contributed by atoms with Crippen LogP contribution in [0.25, 0.3) is 11.1 Å². The second-order valence-electron chi connectivity index (χ2n) is 5.53. The number of benzene rings is 1. The second-order valence-corrected chi connectivity index (χ2v) is 5.53. The van der Waals surface area contributed by atoms with E-state index in [1.54, 1.807) is 19.2 Å². The number of anilines is 1. The van der Waals surface area contributed by atoms with E-state index < -0.39 is 0 Å². The molecule has 2 atom stereocenters. The number of nitrogens with one attached hydrogen (secondary N) is 2. The number of morpholine rings is 1. The third-order valence-electron chi connectivity index (χ3n) is 3.82. The van der Waals surface area contributed by atoms with Gasteiger partial charge in [0.1, 0.15) is 11.6 Å². The van der Waals surface area contributed by atoms with Gasteiger partial charge in [0.2, 0.25) is 5.91 Å². The van der Waals surface area contributed by atoms with Crippen molar-refractivity contribution in [3.05, 3.63) is 24.1 Å². The highest BCUT2D eigenvalue weighted by molar-refractivity contribution is 5.96. The number of rotatable bonds is 5. The van der Waals surface area contributed by atoms with Crippen molar-refractivity contribution in [3.63, 3.8) is 0 Å². The molecule has 0 aliphatic carbocycles. The lowest BCUT2D eigenvalue weighted by Gasteiger charge is -2.29. The van der Waals surface area contributed by atoms with Crippen molar-refractivity contribution in [2.24, 2.45) is 0 Å². The molecule has 2 heterocycles. The zero-order valence-electron chi connectivity index (χ0n) is 13.7. The summed E-state index contributed by atoms with van der Waals surface area (Å²) in [6.45, 7) is 3.74. The Kier molecular flexibility index (Phi) is 6.56. The molecule has 132 valence electrons. The SMILES string of the molecule is COCCc1nc2cc(NC(=O)[C@H]3NCCO[C@@H]3C)ccc2o1.Cl. The Balaban J connectivity index is 0.00000208. The fraction of sp³-hybridized carbons (Fsp3) is 0.500. The molecule has 3 rings (SSSR count). The molecule has 1 aliphatic rings. The molecule has 2 aromatic rings. The quantitative estimate of drug-likeness (QED) is 0.850. The molecule has 1 aliphatic heterocycles. The molecule has 0 bridgehead atoms. The molecule has 2 N–H and O–H groups in total. The minimum Gasteiger partial charge on any atom is -0.441 e. The first kappa shape index (κ1) is 18.7. The molecule has 24 heavy (non-hydrogen) atoms. The minimum absolute atomic E-state index is 0. The smallest absolute Gasteiger partial charge is 0.244 e. The lowest BCUT2D eigenvalue weighted by atomic mass is 10.1. The van der Waals surface area contributed by atoms with Crippen LogP contribution in [-0.2, 0) is 20.7 Å². The first-order valence-corrected chi connectivity index (χ1v) is 7.71. The van der Waals surface area contributed by atoms with Crippen LogP contribution in [0.15, 0.2) is 22.6 Å². The van der Waals surface area contributed by atoms with Crippen LogP contribution < -0.4 is 10.6 Å². The molecule has 0 radical (unpaired) electrons. The molecule has 7 nitrogen and oxygen atoms in total. The van der Waals surface area contributed by atoms with E-state index in [1.807, 2.05) is 13.0 Å². The van der Waals surface area contributed by atoms with Crippen molar-refractivity contribution in [1.82, 2.24) is 10.3 Å². The van der Waals surface area contributed by atoms with Gasteiger partial charge in [-0.2, -0.15) is 0 Å². The summed E-state index contributed by atoms with van der Waals surface area (Å²) in [5.41, 5.74) is 2.10. The number of aromatic nitrogens is 1. The summed E-state index contributed by atoms with van der Waals surface area (Å²) in [5.74, 6) is 0.515. The Morgan fingerprint density at radius 3 is 3.08 bits per heavy atom. The summed E-state index contributed by atoms with van der Waals surface area (Å²) in [4.78, 5) is 16.8. The van der Waals surface area contributed by atoms with Crippen LogP contribution in [0.4, 0.5) is 5.69 Å². The number of fused-ring (bicyclic) bond motifs is 1. The number of hydrogen-bond donors (Lipinski definition) is 2. The predicted molar refractivity (Wildman–Crippen MR) is 92.7 cm³/mol. The van der Waals surface area contributed by atoms with Gasteiger partial charge >= 0.3 is 0 Å². The first-order valence-electron chi connectivity index (χ1n) is 7.71. The number of methoxy groups -OCH3 is 1. The average Bonchev–Trinajstić information content (AvgIpc) is 2.95. The lowest BCUT2D eigenvalue weighted by molar-refractivity contribution is -0.123. The molecule has 1 saturated heterocycles. The zero-order valence-corrected chi connectivity index (χ0v) is 14.5. The number of nitrogens with zero attached hydrogens (tertiary/aromatic N) is 1. The first-order chi connectivity index (χ1) is 11.2. The second kappa shape index (κ2) is 8.43. The Morgan fingerprint density at radius 2 is 2.33 bits per heavy atom. The molecular weight excluding hydrogens is 334 g/mol. The monoisotopic (exact) mass is 355 g/mol. The topological polar surface area (TPSA) is 85.6 Å². The van der Waals surface area contributed by atoms with Gasteiger partial charge < -0.3 is 24.5 Å². The van der Waals surface area contributed by atoms with Crippen LogP contribution in [-0.4, -0.2) is 49.9 Å². The van der Waals surface area contributed by atoms with Crippen LogP contribution >= 0.6 is 12.4 Å². The number of ether oxygens (including phenoxy) is 2. The van der Waals surface area contributed by atoms with Crippen molar-refractivity contribution in [2.75, 3.05) is 32.2 Å². The Morgan fingerprint density at radius 1 is 1.50 bits per heavy atom. The van der Waals surface area contributed by atoms with E-state index in [0.29, 0.717) is 43.3 Å². The lowest BCUT2D eigenvalue weighted by Crippen LogP contribution is -2.53. The molecule has 8 heteroatoms. The molecule has 1 aromatic carbocycles. The number of carbonyl (C=O) groups excluding carboxylic acids is 1. The largest absolute Gasteiger partial charge is 0.441 e. The summed E-state index contributed by atoms with van der Waals surface area (Å²) in [5, 5.41) is 6.07. The van der Waals surface area contributed by atoms with E-state index in [1.165, 1.54) is 0 Å². The number of carbonyl (C=O) groups is 1. The molecule has 0 spiro atoms. The fourth-order valence-electron chi connectivity index (χ4n) is 2.60. The van der Waals surface area contributed by atoms with Crippen LogP contribution in [0.1, 0.15) is 12.8 Å². The summed E-state index contributed by atoms with van der Waals surface area (Å²) in [7, 11) is 1.64. The maximum atomic E-state index is 12.3. The summed E-state index contributed by atoms with van der Waals surface area (Å²) >= 11 is 0. The van der Waals surface area contributed by atoms with E-state index in [0.717, 1.165) is 5.52 Å². The minimum atomic E-state index is -0.353. The van der Waals surface area contributed by atoms with E-state index in [9.17, 15) is 4.79 Å². The van der Waals surface area contributed by atoms with Gasteiger partial charge in [-0.05, 0) is 25.1 Å². The maximum Gasteiger partial charge on any atom is 0.244 e. The molecule has 1 fully saturated rings. The van der Waals surface area contributed by atoms with Gasteiger partial charge in [0.05, 0.1) is 19.3 Å². The van der Waals surface area contributed by atoms with Gasteiger partial charge in [-0.3, -0.25) is 4.79 Å². The van der Waals surface area contributed by atoms with Crippen molar-refractivity contribution in [1.29, 1.82) is 0 Å². The Bertz CT molecular complexity index is 691. The number of oxazole rings is 1. The van der Waals surface area contributed by atoms with Gasteiger partial charge in [0.15, 0.2) is 11.5 Å². The number of hydrogen-bond acceptors (Lipinski definition) is 6. The van der Waals surface area contributed by atoms with Crippen molar-refractivity contribution < 1.29 is 18.7 Å². The van der Waals surface area contributed by atoms with E-state index >= 15 is 0 Å². The highest BCUT2D eigenvalue weighted by Gasteiger charge is 2.28. The van der Waals surface area contributed by atoms with Crippen LogP contribution in [0.2, 0.25) is 0 Å². The van der Waals surface area contributed by atoms with Crippen molar-refractivity contribution in [2.45, 2.75) is 25.5 Å². The standard InChI is InChI=1S/C16H21N3O4.ClH/c1-10-15(17-6-8-22-10)16(20)18-11-3-4-13-12(9-11)19-14(23-13)5-7-21-2;/h3-4,9-10,15,17H,5-8H2,1-2H3,(H,18,20);1H/t10-,15+;/m1./s1. The summed E-state index contributed by atoms with van der Waals surface area (Å²) in [6, 6.07) is 5.07. The van der Waals surface area contributed by atoms with Crippen LogP contribution in [0, 0.1) is 0 Å². The highest BCUT2D eigenvalue weighted by Crippen LogP contribution is 2.21.